The van der Waals surface area contributed by atoms with Crippen LogP contribution in [-0.4, -0.2) is 20.3 Å². The predicted octanol–water partition coefficient (Wildman–Crippen LogP) is 2.09. The maximum atomic E-state index is 14.1. The van der Waals surface area contributed by atoms with E-state index in [1.807, 2.05) is 0 Å². The minimum atomic E-state index is -0.749. The molecule has 2 heterocycles. The number of amides is 1. The molecular weight excluding hydrogens is 322 g/mol. The maximum absolute atomic E-state index is 14.1. The molecule has 0 aliphatic rings. The molecule has 8 heteroatoms. The van der Waals surface area contributed by atoms with Crippen LogP contribution in [0.15, 0.2) is 29.4 Å². The SMILES string of the molecule is C#CCn1c(=NC(=O)c2ccnn2C)sc2cc(F)cc(F)c21. The first-order chi connectivity index (χ1) is 11.0. The molecule has 0 spiro atoms. The van der Waals surface area contributed by atoms with E-state index in [9.17, 15) is 13.6 Å². The van der Waals surface area contributed by atoms with Crippen molar-refractivity contribution in [3.63, 3.8) is 0 Å². The van der Waals surface area contributed by atoms with Gasteiger partial charge in [-0.25, -0.2) is 8.78 Å². The molecule has 0 atom stereocenters. The smallest absolute Gasteiger partial charge is 0.297 e. The topological polar surface area (TPSA) is 52.2 Å². The summed E-state index contributed by atoms with van der Waals surface area (Å²) in [6, 6.07) is 3.48. The lowest BCUT2D eigenvalue weighted by Gasteiger charge is -2.01. The van der Waals surface area contributed by atoms with Gasteiger partial charge >= 0.3 is 0 Å². The Balaban J connectivity index is 2.25. The highest BCUT2D eigenvalue weighted by atomic mass is 32.1. The molecule has 116 valence electrons. The Hall–Kier alpha value is -2.79. The van der Waals surface area contributed by atoms with Crippen LogP contribution in [0.3, 0.4) is 0 Å². The van der Waals surface area contributed by atoms with Gasteiger partial charge in [0, 0.05) is 19.3 Å². The molecule has 0 aliphatic heterocycles. The van der Waals surface area contributed by atoms with Crippen LogP contribution in [0.5, 0.6) is 0 Å². The number of halogens is 2. The first-order valence-corrected chi connectivity index (χ1v) is 7.32. The number of benzene rings is 1. The normalized spacial score (nSPS) is 11.8. The van der Waals surface area contributed by atoms with E-state index in [2.05, 4.69) is 16.0 Å². The second-order valence-electron chi connectivity index (χ2n) is 4.67. The van der Waals surface area contributed by atoms with Crippen molar-refractivity contribution < 1.29 is 13.6 Å². The molecule has 0 bridgehead atoms. The summed E-state index contributed by atoms with van der Waals surface area (Å²) in [5, 5.41) is 3.90. The van der Waals surface area contributed by atoms with E-state index in [1.165, 1.54) is 27.6 Å². The van der Waals surface area contributed by atoms with Crippen LogP contribution >= 0.6 is 11.3 Å². The Labute approximate surface area is 133 Å². The van der Waals surface area contributed by atoms with Gasteiger partial charge in [-0.15, -0.1) is 6.42 Å². The summed E-state index contributed by atoms with van der Waals surface area (Å²) in [7, 11) is 1.61. The van der Waals surface area contributed by atoms with Crippen LogP contribution in [0.4, 0.5) is 8.78 Å². The molecule has 3 aromatic rings. The standard InChI is InChI=1S/C15H10F2N4OS/c1-3-6-21-13-10(17)7-9(16)8-12(13)23-15(21)19-14(22)11-4-5-18-20(11)2/h1,4-5,7-8H,6H2,2H3. The molecule has 0 saturated carbocycles. The third-order valence-corrected chi connectivity index (χ3v) is 4.21. The first kappa shape index (κ1) is 15.1. The van der Waals surface area contributed by atoms with E-state index in [4.69, 9.17) is 6.42 Å². The number of thiazole rings is 1. The highest BCUT2D eigenvalue weighted by Crippen LogP contribution is 2.22. The molecule has 0 unspecified atom stereocenters. The predicted molar refractivity (Wildman–Crippen MR) is 81.7 cm³/mol. The summed E-state index contributed by atoms with van der Waals surface area (Å²) < 4.78 is 30.5. The van der Waals surface area contributed by atoms with Crippen molar-refractivity contribution >= 4 is 27.5 Å². The van der Waals surface area contributed by atoms with Crippen molar-refractivity contribution in [3.8, 4) is 12.3 Å². The second kappa shape index (κ2) is 5.78. The van der Waals surface area contributed by atoms with Crippen molar-refractivity contribution in [2.75, 3.05) is 0 Å². The van der Waals surface area contributed by atoms with Crippen LogP contribution in [0, 0.1) is 24.0 Å². The lowest BCUT2D eigenvalue weighted by atomic mass is 10.3. The number of carbonyl (C=O) groups is 1. The highest BCUT2D eigenvalue weighted by Gasteiger charge is 2.14. The van der Waals surface area contributed by atoms with Crippen molar-refractivity contribution in [2.24, 2.45) is 12.0 Å². The summed E-state index contributed by atoms with van der Waals surface area (Å²) in [6.07, 6.45) is 6.78. The number of terminal acetylenes is 1. The average molecular weight is 332 g/mol. The summed E-state index contributed by atoms with van der Waals surface area (Å²) >= 11 is 0.994. The lowest BCUT2D eigenvalue weighted by Crippen LogP contribution is -2.18. The monoisotopic (exact) mass is 332 g/mol. The Morgan fingerprint density at radius 1 is 1.48 bits per heavy atom. The van der Waals surface area contributed by atoms with Crippen molar-refractivity contribution in [1.82, 2.24) is 14.3 Å². The van der Waals surface area contributed by atoms with Gasteiger partial charge in [0.15, 0.2) is 10.6 Å². The Morgan fingerprint density at radius 3 is 2.91 bits per heavy atom. The summed E-state index contributed by atoms with van der Waals surface area (Å²) in [5.41, 5.74) is 0.410. The third-order valence-electron chi connectivity index (χ3n) is 3.18. The van der Waals surface area contributed by atoms with E-state index in [0.717, 1.165) is 17.4 Å². The van der Waals surface area contributed by atoms with E-state index in [-0.39, 0.29) is 22.6 Å². The van der Waals surface area contributed by atoms with Gasteiger partial charge < -0.3 is 4.57 Å². The van der Waals surface area contributed by atoms with Crippen LogP contribution in [0.25, 0.3) is 10.2 Å². The number of aryl methyl sites for hydroxylation is 1. The van der Waals surface area contributed by atoms with Gasteiger partial charge in [-0.05, 0) is 12.1 Å². The van der Waals surface area contributed by atoms with Gasteiger partial charge in [-0.3, -0.25) is 9.48 Å². The Kier molecular flexibility index (Phi) is 3.80. The van der Waals surface area contributed by atoms with E-state index < -0.39 is 17.5 Å². The molecule has 23 heavy (non-hydrogen) atoms. The lowest BCUT2D eigenvalue weighted by molar-refractivity contribution is 0.0989. The van der Waals surface area contributed by atoms with Crippen LogP contribution < -0.4 is 4.80 Å². The summed E-state index contributed by atoms with van der Waals surface area (Å²) in [4.78, 5) is 16.4. The molecule has 1 amide bonds. The summed E-state index contributed by atoms with van der Waals surface area (Å²) in [5.74, 6) is 0.396. The number of fused-ring (bicyclic) bond motifs is 1. The number of nitrogens with zero attached hydrogens (tertiary/aromatic N) is 4. The molecule has 0 fully saturated rings. The molecule has 0 N–H and O–H groups in total. The first-order valence-electron chi connectivity index (χ1n) is 6.50. The zero-order valence-electron chi connectivity index (χ0n) is 12.0. The number of hydrogen-bond acceptors (Lipinski definition) is 3. The molecule has 0 saturated heterocycles. The van der Waals surface area contributed by atoms with Crippen molar-refractivity contribution in [3.05, 3.63) is 46.5 Å². The van der Waals surface area contributed by atoms with E-state index >= 15 is 0 Å². The van der Waals surface area contributed by atoms with Crippen LogP contribution in [0.1, 0.15) is 10.5 Å². The number of hydrogen-bond donors (Lipinski definition) is 0. The fraction of sp³-hybridized carbons (Fsp3) is 0.133. The minimum absolute atomic E-state index is 0.0139. The van der Waals surface area contributed by atoms with Crippen molar-refractivity contribution in [1.29, 1.82) is 0 Å². The quantitative estimate of drug-likeness (QED) is 0.675. The second-order valence-corrected chi connectivity index (χ2v) is 5.68. The molecule has 0 radical (unpaired) electrons. The number of aromatic nitrogens is 3. The fourth-order valence-corrected chi connectivity index (χ4v) is 3.25. The number of carbonyl (C=O) groups excluding carboxylic acids is 1. The third kappa shape index (κ3) is 2.66. The fourth-order valence-electron chi connectivity index (χ4n) is 2.18. The molecule has 1 aromatic carbocycles. The van der Waals surface area contributed by atoms with Crippen molar-refractivity contribution in [2.45, 2.75) is 6.54 Å². The van der Waals surface area contributed by atoms with Crippen LogP contribution in [0.2, 0.25) is 0 Å². The molecule has 3 rings (SSSR count). The van der Waals surface area contributed by atoms with Crippen LogP contribution in [-0.2, 0) is 13.6 Å². The number of rotatable bonds is 2. The minimum Gasteiger partial charge on any atom is -0.302 e. The van der Waals surface area contributed by atoms with Gasteiger partial charge in [0.25, 0.3) is 5.91 Å². The highest BCUT2D eigenvalue weighted by molar-refractivity contribution is 7.16. The molecule has 0 aliphatic carbocycles. The van der Waals surface area contributed by atoms with Gasteiger partial charge in [0.1, 0.15) is 11.5 Å². The molecule has 2 aromatic heterocycles. The van der Waals surface area contributed by atoms with E-state index in [0.29, 0.717) is 4.70 Å². The average Bonchev–Trinajstić information content (AvgIpc) is 3.04. The summed E-state index contributed by atoms with van der Waals surface area (Å²) in [6.45, 7) is 0.0139. The maximum Gasteiger partial charge on any atom is 0.297 e. The van der Waals surface area contributed by atoms with Gasteiger partial charge in [-0.2, -0.15) is 10.1 Å². The zero-order valence-corrected chi connectivity index (χ0v) is 12.8. The Bertz CT molecular complexity index is 1020. The zero-order chi connectivity index (χ0) is 16.6. The van der Waals surface area contributed by atoms with Gasteiger partial charge in [-0.1, -0.05) is 17.3 Å². The largest absolute Gasteiger partial charge is 0.302 e. The Morgan fingerprint density at radius 2 is 2.26 bits per heavy atom. The van der Waals surface area contributed by atoms with Gasteiger partial charge in [0.05, 0.1) is 16.8 Å². The molecule has 5 nitrogen and oxygen atoms in total. The van der Waals surface area contributed by atoms with Gasteiger partial charge in [0.2, 0.25) is 0 Å². The van der Waals surface area contributed by atoms with E-state index in [1.54, 1.807) is 7.05 Å². The molecular formula is C15H10F2N4OS.